The standard InChI is InChI=1S/C16H21BrN2O3/c1-22-15(20)7-8-19(14-5-3-2-4-6-14)16(21)12-9-13(17)11-18-10-12/h9-11,14H,2-8H2,1H3. The summed E-state index contributed by atoms with van der Waals surface area (Å²) in [6.07, 6.45) is 8.90. The zero-order valence-corrected chi connectivity index (χ0v) is 14.3. The summed E-state index contributed by atoms with van der Waals surface area (Å²) in [5, 5.41) is 0. The van der Waals surface area contributed by atoms with Crippen molar-refractivity contribution in [3.63, 3.8) is 0 Å². The van der Waals surface area contributed by atoms with Gasteiger partial charge in [0.1, 0.15) is 0 Å². The molecular weight excluding hydrogens is 348 g/mol. The van der Waals surface area contributed by atoms with Gasteiger partial charge in [-0.15, -0.1) is 0 Å². The van der Waals surface area contributed by atoms with Gasteiger partial charge in [0.05, 0.1) is 19.1 Å². The zero-order chi connectivity index (χ0) is 15.9. The molecule has 22 heavy (non-hydrogen) atoms. The highest BCUT2D eigenvalue weighted by Crippen LogP contribution is 2.24. The van der Waals surface area contributed by atoms with Gasteiger partial charge in [0.2, 0.25) is 0 Å². The van der Waals surface area contributed by atoms with Gasteiger partial charge < -0.3 is 9.64 Å². The normalized spacial score (nSPS) is 15.4. The molecule has 1 fully saturated rings. The van der Waals surface area contributed by atoms with Crippen LogP contribution in [0.2, 0.25) is 0 Å². The second-order valence-electron chi connectivity index (χ2n) is 5.51. The number of hydrogen-bond donors (Lipinski definition) is 0. The van der Waals surface area contributed by atoms with E-state index in [1.807, 2.05) is 4.90 Å². The number of nitrogens with zero attached hydrogens (tertiary/aromatic N) is 2. The molecule has 0 radical (unpaired) electrons. The molecular formula is C16H21BrN2O3. The van der Waals surface area contributed by atoms with E-state index in [0.29, 0.717) is 12.1 Å². The third kappa shape index (κ3) is 4.53. The first kappa shape index (κ1) is 16.9. The molecule has 120 valence electrons. The number of esters is 1. The van der Waals surface area contributed by atoms with Gasteiger partial charge in [-0.1, -0.05) is 19.3 Å². The Kier molecular flexibility index (Phi) is 6.36. The number of carbonyl (C=O) groups is 2. The molecule has 0 spiro atoms. The minimum atomic E-state index is -0.291. The summed E-state index contributed by atoms with van der Waals surface area (Å²) in [6, 6.07) is 1.97. The fraction of sp³-hybridized carbons (Fsp3) is 0.562. The lowest BCUT2D eigenvalue weighted by atomic mass is 9.93. The first-order chi connectivity index (χ1) is 10.6. The van der Waals surface area contributed by atoms with Crippen LogP contribution in [0, 0.1) is 0 Å². The maximum atomic E-state index is 12.8. The Morgan fingerprint density at radius 2 is 2.05 bits per heavy atom. The predicted octanol–water partition coefficient (Wildman–Crippen LogP) is 3.18. The minimum absolute atomic E-state index is 0.0652. The predicted molar refractivity (Wildman–Crippen MR) is 86.5 cm³/mol. The number of ether oxygens (including phenoxy) is 1. The fourth-order valence-electron chi connectivity index (χ4n) is 2.85. The Morgan fingerprint density at radius 1 is 1.32 bits per heavy atom. The summed E-state index contributed by atoms with van der Waals surface area (Å²) >= 11 is 3.34. The third-order valence-corrected chi connectivity index (χ3v) is 4.45. The van der Waals surface area contributed by atoms with E-state index >= 15 is 0 Å². The van der Waals surface area contributed by atoms with Crippen LogP contribution in [0.3, 0.4) is 0 Å². The molecule has 0 bridgehead atoms. The molecule has 0 atom stereocenters. The van der Waals surface area contributed by atoms with Crippen molar-refractivity contribution >= 4 is 27.8 Å². The van der Waals surface area contributed by atoms with E-state index in [-0.39, 0.29) is 24.3 Å². The second-order valence-corrected chi connectivity index (χ2v) is 6.42. The lowest BCUT2D eigenvalue weighted by molar-refractivity contribution is -0.140. The molecule has 5 nitrogen and oxygen atoms in total. The molecule has 0 saturated heterocycles. The molecule has 1 saturated carbocycles. The quantitative estimate of drug-likeness (QED) is 0.748. The van der Waals surface area contributed by atoms with Crippen LogP contribution in [0.5, 0.6) is 0 Å². The monoisotopic (exact) mass is 368 g/mol. The first-order valence-electron chi connectivity index (χ1n) is 7.60. The smallest absolute Gasteiger partial charge is 0.307 e. The van der Waals surface area contributed by atoms with Gasteiger partial charge in [0, 0.05) is 29.5 Å². The molecule has 0 aromatic carbocycles. The Hall–Kier alpha value is -1.43. The molecule has 1 aromatic rings. The van der Waals surface area contributed by atoms with Crippen LogP contribution in [0.25, 0.3) is 0 Å². The number of amides is 1. The molecule has 0 N–H and O–H groups in total. The summed E-state index contributed by atoms with van der Waals surface area (Å²) in [6.45, 7) is 0.392. The summed E-state index contributed by atoms with van der Waals surface area (Å²) in [4.78, 5) is 30.1. The minimum Gasteiger partial charge on any atom is -0.469 e. The maximum Gasteiger partial charge on any atom is 0.307 e. The van der Waals surface area contributed by atoms with Crippen LogP contribution in [0.4, 0.5) is 0 Å². The largest absolute Gasteiger partial charge is 0.469 e. The lowest BCUT2D eigenvalue weighted by Gasteiger charge is -2.34. The van der Waals surface area contributed by atoms with E-state index in [0.717, 1.165) is 30.2 Å². The van der Waals surface area contributed by atoms with E-state index in [2.05, 4.69) is 20.9 Å². The highest BCUT2D eigenvalue weighted by molar-refractivity contribution is 9.10. The van der Waals surface area contributed by atoms with Gasteiger partial charge in [-0.2, -0.15) is 0 Å². The SMILES string of the molecule is COC(=O)CCN(C(=O)c1cncc(Br)c1)C1CCCCC1. The van der Waals surface area contributed by atoms with Crippen molar-refractivity contribution in [2.45, 2.75) is 44.6 Å². The van der Waals surface area contributed by atoms with Gasteiger partial charge in [-0.25, -0.2) is 0 Å². The van der Waals surface area contributed by atoms with Gasteiger partial charge in [-0.05, 0) is 34.8 Å². The van der Waals surface area contributed by atoms with Gasteiger partial charge in [0.25, 0.3) is 5.91 Å². The summed E-state index contributed by atoms with van der Waals surface area (Å²) < 4.78 is 5.47. The molecule has 1 aliphatic rings. The Balaban J connectivity index is 2.14. The van der Waals surface area contributed by atoms with Crippen LogP contribution in [0.15, 0.2) is 22.9 Å². The van der Waals surface area contributed by atoms with Crippen LogP contribution in [0.1, 0.15) is 48.9 Å². The third-order valence-electron chi connectivity index (χ3n) is 4.01. The Bertz CT molecular complexity index is 530. The van der Waals surface area contributed by atoms with Crippen molar-refractivity contribution in [3.8, 4) is 0 Å². The van der Waals surface area contributed by atoms with Crippen molar-refractivity contribution in [2.75, 3.05) is 13.7 Å². The summed E-state index contributed by atoms with van der Waals surface area (Å²) in [5.74, 6) is -0.356. The van der Waals surface area contributed by atoms with E-state index in [9.17, 15) is 9.59 Å². The molecule has 0 aliphatic heterocycles. The zero-order valence-electron chi connectivity index (χ0n) is 12.8. The van der Waals surface area contributed by atoms with Gasteiger partial charge in [-0.3, -0.25) is 14.6 Å². The van der Waals surface area contributed by atoms with Crippen LogP contribution < -0.4 is 0 Å². The van der Waals surface area contributed by atoms with E-state index in [4.69, 9.17) is 4.74 Å². The van der Waals surface area contributed by atoms with E-state index in [1.165, 1.54) is 13.5 Å². The number of aromatic nitrogens is 1. The molecule has 1 aromatic heterocycles. The average molecular weight is 369 g/mol. The average Bonchev–Trinajstić information content (AvgIpc) is 2.55. The van der Waals surface area contributed by atoms with Crippen LogP contribution in [-0.4, -0.2) is 41.5 Å². The molecule has 6 heteroatoms. The van der Waals surface area contributed by atoms with Crippen molar-refractivity contribution in [1.29, 1.82) is 0 Å². The summed E-state index contributed by atoms with van der Waals surface area (Å²) in [7, 11) is 1.37. The van der Waals surface area contributed by atoms with Crippen LogP contribution >= 0.6 is 15.9 Å². The topological polar surface area (TPSA) is 59.5 Å². The lowest BCUT2D eigenvalue weighted by Crippen LogP contribution is -2.42. The Morgan fingerprint density at radius 3 is 2.68 bits per heavy atom. The van der Waals surface area contributed by atoms with Gasteiger partial charge in [0.15, 0.2) is 0 Å². The highest BCUT2D eigenvalue weighted by atomic mass is 79.9. The van der Waals surface area contributed by atoms with Crippen LogP contribution in [-0.2, 0) is 9.53 Å². The number of pyridine rings is 1. The van der Waals surface area contributed by atoms with Crippen molar-refractivity contribution < 1.29 is 14.3 Å². The highest BCUT2D eigenvalue weighted by Gasteiger charge is 2.27. The molecule has 2 rings (SSSR count). The molecule has 1 amide bonds. The molecule has 1 aliphatic carbocycles. The van der Waals surface area contributed by atoms with Crippen molar-refractivity contribution in [1.82, 2.24) is 9.88 Å². The number of halogens is 1. The maximum absolute atomic E-state index is 12.8. The second kappa shape index (κ2) is 8.27. The molecule has 0 unspecified atom stereocenters. The van der Waals surface area contributed by atoms with E-state index in [1.54, 1.807) is 18.5 Å². The number of methoxy groups -OCH3 is 1. The van der Waals surface area contributed by atoms with E-state index < -0.39 is 0 Å². The number of hydrogen-bond acceptors (Lipinski definition) is 4. The summed E-state index contributed by atoms with van der Waals surface area (Å²) in [5.41, 5.74) is 0.546. The number of rotatable bonds is 5. The Labute approximate surface area is 139 Å². The first-order valence-corrected chi connectivity index (χ1v) is 8.39. The van der Waals surface area contributed by atoms with Crippen molar-refractivity contribution in [2.24, 2.45) is 0 Å². The van der Waals surface area contributed by atoms with Gasteiger partial charge >= 0.3 is 5.97 Å². The number of carbonyl (C=O) groups excluding carboxylic acids is 2. The van der Waals surface area contributed by atoms with Crippen molar-refractivity contribution in [3.05, 3.63) is 28.5 Å². The fourth-order valence-corrected chi connectivity index (χ4v) is 3.22. The molecule has 1 heterocycles.